The number of carbonyl (C=O) groups excluding carboxylic acids is 1. The molecule has 1 aromatic rings. The molecular weight excluding hydrogens is 417 g/mol. The number of aliphatic imine (C=N–C) groups is 2. The van der Waals surface area contributed by atoms with Crippen molar-refractivity contribution in [2.24, 2.45) is 15.7 Å². The lowest BCUT2D eigenvalue weighted by Crippen LogP contribution is -2.41. The number of rotatable bonds is 7. The number of halogens is 3. The van der Waals surface area contributed by atoms with Crippen molar-refractivity contribution in [3.8, 4) is 5.75 Å². The van der Waals surface area contributed by atoms with Gasteiger partial charge in [0.05, 0.1) is 28.3 Å². The zero-order valence-corrected chi connectivity index (χ0v) is 17.5. The summed E-state index contributed by atoms with van der Waals surface area (Å²) in [6.45, 7) is 5.62. The van der Waals surface area contributed by atoms with Crippen LogP contribution in [0.3, 0.4) is 0 Å². The van der Waals surface area contributed by atoms with Gasteiger partial charge in [0, 0.05) is 25.5 Å². The van der Waals surface area contributed by atoms with Crippen molar-refractivity contribution in [2.75, 3.05) is 13.2 Å². The molecule has 0 saturated carbocycles. The lowest BCUT2D eigenvalue weighted by Gasteiger charge is -2.11. The molecule has 150 valence electrons. The molecule has 27 heavy (non-hydrogen) atoms. The number of ether oxygens (including phenoxy) is 1. The lowest BCUT2D eigenvalue weighted by molar-refractivity contribution is -0.117. The Bertz CT molecular complexity index is 711. The first-order valence-corrected chi connectivity index (χ1v) is 9.17. The Morgan fingerprint density at radius 3 is 2.48 bits per heavy atom. The Hall–Kier alpha value is -1.74. The quantitative estimate of drug-likeness (QED) is 0.199. The zero-order chi connectivity index (χ0) is 20.4. The van der Waals surface area contributed by atoms with Crippen LogP contribution in [0.25, 0.3) is 0 Å². The molecule has 0 aliphatic rings. The molecule has 0 fully saturated rings. The van der Waals surface area contributed by atoms with Gasteiger partial charge in [-0.2, -0.15) is 4.99 Å². The second-order valence-electron chi connectivity index (χ2n) is 5.57. The van der Waals surface area contributed by atoms with Crippen molar-refractivity contribution >= 4 is 52.6 Å². The molecule has 0 aliphatic carbocycles. The van der Waals surface area contributed by atoms with Crippen molar-refractivity contribution < 1.29 is 14.4 Å². The number of benzene rings is 1. The summed E-state index contributed by atoms with van der Waals surface area (Å²) in [5.41, 5.74) is 8.19. The second-order valence-corrected chi connectivity index (χ2v) is 6.79. The SMILES string of the molecule is CC(=O)N/C(=N\C(N)=NC(C)C)NOCCCOc1cc(Cl)c(Cl)cc1Cl. The maximum atomic E-state index is 11.2. The average molecular weight is 439 g/mol. The summed E-state index contributed by atoms with van der Waals surface area (Å²) in [5, 5.41) is 3.53. The highest BCUT2D eigenvalue weighted by molar-refractivity contribution is 6.43. The van der Waals surface area contributed by atoms with Crippen LogP contribution in [0.2, 0.25) is 15.1 Å². The first-order valence-electron chi connectivity index (χ1n) is 8.03. The summed E-state index contributed by atoms with van der Waals surface area (Å²) < 4.78 is 5.53. The van der Waals surface area contributed by atoms with E-state index in [9.17, 15) is 4.79 Å². The van der Waals surface area contributed by atoms with Crippen LogP contribution >= 0.6 is 34.8 Å². The van der Waals surface area contributed by atoms with Crippen LogP contribution in [0.1, 0.15) is 27.2 Å². The molecule has 1 rings (SSSR count). The van der Waals surface area contributed by atoms with Crippen molar-refractivity contribution in [3.63, 3.8) is 0 Å². The molecule has 0 atom stereocenters. The van der Waals surface area contributed by atoms with Gasteiger partial charge in [0.15, 0.2) is 0 Å². The molecule has 8 nitrogen and oxygen atoms in total. The number of nitrogens with two attached hydrogens (primary N) is 1. The van der Waals surface area contributed by atoms with Gasteiger partial charge >= 0.3 is 0 Å². The van der Waals surface area contributed by atoms with Crippen LogP contribution in [-0.2, 0) is 9.63 Å². The molecule has 1 aromatic carbocycles. The van der Waals surface area contributed by atoms with Crippen LogP contribution in [0.5, 0.6) is 5.75 Å². The third-order valence-corrected chi connectivity index (χ3v) is 3.72. The fraction of sp³-hybridized carbons (Fsp3) is 0.438. The maximum Gasteiger partial charge on any atom is 0.230 e. The van der Waals surface area contributed by atoms with E-state index in [1.54, 1.807) is 6.07 Å². The number of nitrogens with one attached hydrogen (secondary N) is 2. The topological polar surface area (TPSA) is 110 Å². The molecule has 4 N–H and O–H groups in total. The van der Waals surface area contributed by atoms with E-state index in [1.165, 1.54) is 13.0 Å². The number of hydrogen-bond donors (Lipinski definition) is 3. The number of amides is 1. The first kappa shape index (κ1) is 23.3. The fourth-order valence-electron chi connectivity index (χ4n) is 1.70. The molecule has 0 radical (unpaired) electrons. The summed E-state index contributed by atoms with van der Waals surface area (Å²) in [6.07, 6.45) is 0.520. The first-order chi connectivity index (χ1) is 12.7. The van der Waals surface area contributed by atoms with E-state index in [1.807, 2.05) is 13.8 Å². The van der Waals surface area contributed by atoms with Crippen LogP contribution in [0, 0.1) is 0 Å². The number of carbonyl (C=O) groups is 1. The average Bonchev–Trinajstić information content (AvgIpc) is 2.53. The van der Waals surface area contributed by atoms with Crippen LogP contribution < -0.4 is 21.3 Å². The largest absolute Gasteiger partial charge is 0.492 e. The number of hydroxylamine groups is 1. The summed E-state index contributed by atoms with van der Waals surface area (Å²) in [5.74, 6) is 0.150. The highest BCUT2D eigenvalue weighted by atomic mass is 35.5. The zero-order valence-electron chi connectivity index (χ0n) is 15.2. The molecule has 11 heteroatoms. The summed E-state index contributed by atoms with van der Waals surface area (Å²) in [7, 11) is 0. The molecule has 0 aromatic heterocycles. The van der Waals surface area contributed by atoms with Gasteiger partial charge < -0.3 is 10.5 Å². The summed E-state index contributed by atoms with van der Waals surface area (Å²) in [4.78, 5) is 24.5. The van der Waals surface area contributed by atoms with Crippen LogP contribution in [-0.4, -0.2) is 37.1 Å². The van der Waals surface area contributed by atoms with Gasteiger partial charge in [-0.1, -0.05) is 34.8 Å². The Balaban J connectivity index is 2.44. The van der Waals surface area contributed by atoms with Crippen molar-refractivity contribution in [2.45, 2.75) is 33.2 Å². The molecule has 0 saturated heterocycles. The van der Waals surface area contributed by atoms with Crippen molar-refractivity contribution in [1.29, 1.82) is 0 Å². The van der Waals surface area contributed by atoms with E-state index in [2.05, 4.69) is 20.8 Å². The lowest BCUT2D eigenvalue weighted by atomic mass is 10.3. The molecule has 0 heterocycles. The minimum Gasteiger partial charge on any atom is -0.492 e. The summed E-state index contributed by atoms with van der Waals surface area (Å²) in [6, 6.07) is 3.03. The normalized spacial score (nSPS) is 12.3. The molecule has 0 aliphatic heterocycles. The van der Waals surface area contributed by atoms with Gasteiger partial charge in [0.1, 0.15) is 5.75 Å². The predicted molar refractivity (Wildman–Crippen MR) is 109 cm³/mol. The van der Waals surface area contributed by atoms with Crippen molar-refractivity contribution in [3.05, 3.63) is 27.2 Å². The van der Waals surface area contributed by atoms with Gasteiger partial charge in [-0.3, -0.25) is 14.9 Å². The van der Waals surface area contributed by atoms with Crippen LogP contribution in [0.15, 0.2) is 22.1 Å². The van der Waals surface area contributed by atoms with E-state index >= 15 is 0 Å². The molecule has 1 amide bonds. The number of nitrogens with zero attached hydrogens (tertiary/aromatic N) is 2. The van der Waals surface area contributed by atoms with E-state index < -0.39 is 0 Å². The van der Waals surface area contributed by atoms with Gasteiger partial charge in [-0.05, 0) is 19.9 Å². The highest BCUT2D eigenvalue weighted by Crippen LogP contribution is 2.33. The second kappa shape index (κ2) is 11.9. The number of hydrogen-bond acceptors (Lipinski definition) is 4. The molecule has 0 unspecified atom stereocenters. The van der Waals surface area contributed by atoms with E-state index in [-0.39, 0.29) is 30.5 Å². The van der Waals surface area contributed by atoms with Gasteiger partial charge in [-0.15, -0.1) is 0 Å². The van der Waals surface area contributed by atoms with Gasteiger partial charge in [-0.25, -0.2) is 10.5 Å². The maximum absolute atomic E-state index is 11.2. The monoisotopic (exact) mass is 437 g/mol. The molecule has 0 bridgehead atoms. The van der Waals surface area contributed by atoms with Crippen LogP contribution in [0.4, 0.5) is 0 Å². The van der Waals surface area contributed by atoms with E-state index in [0.29, 0.717) is 33.8 Å². The Labute approximate surface area is 173 Å². The Morgan fingerprint density at radius 2 is 1.85 bits per heavy atom. The highest BCUT2D eigenvalue weighted by Gasteiger charge is 2.07. The fourth-order valence-corrected chi connectivity index (χ4v) is 2.29. The Morgan fingerprint density at radius 1 is 1.19 bits per heavy atom. The minimum atomic E-state index is -0.334. The number of guanidine groups is 2. The Kier molecular flexibility index (Phi) is 10.2. The smallest absolute Gasteiger partial charge is 0.230 e. The van der Waals surface area contributed by atoms with Crippen molar-refractivity contribution in [1.82, 2.24) is 10.8 Å². The minimum absolute atomic E-state index is 0.0162. The molecule has 0 spiro atoms. The summed E-state index contributed by atoms with van der Waals surface area (Å²) >= 11 is 17.8. The predicted octanol–water partition coefficient (Wildman–Crippen LogP) is 3.15. The molecular formula is C16H22Cl3N5O3. The van der Waals surface area contributed by atoms with Gasteiger partial charge in [0.2, 0.25) is 17.8 Å². The van der Waals surface area contributed by atoms with Gasteiger partial charge in [0.25, 0.3) is 0 Å². The van der Waals surface area contributed by atoms with E-state index in [4.69, 9.17) is 50.1 Å². The third-order valence-electron chi connectivity index (χ3n) is 2.70. The van der Waals surface area contributed by atoms with E-state index in [0.717, 1.165) is 0 Å². The third kappa shape index (κ3) is 9.67. The standard InChI is InChI=1S/C16H22Cl3N5O3/c1-9(2)21-15(20)23-16(22-10(3)25)24-27-6-4-5-26-14-8-12(18)11(17)7-13(14)19/h7-9H,4-6H2,1-3H3,(H4,20,21,22,23,24,25).